The van der Waals surface area contributed by atoms with E-state index in [2.05, 4.69) is 53.1 Å². The summed E-state index contributed by atoms with van der Waals surface area (Å²) in [6.07, 6.45) is 1.85. The molecule has 4 aliphatic heterocycles. The molecule has 24 heteroatoms. The van der Waals surface area contributed by atoms with Gasteiger partial charge in [0.1, 0.15) is 30.6 Å². The summed E-state index contributed by atoms with van der Waals surface area (Å²) < 4.78 is 32.0. The molecule has 4 aliphatic rings. The Labute approximate surface area is 516 Å². The van der Waals surface area contributed by atoms with Crippen LogP contribution in [0.25, 0.3) is 26.1 Å². The molecule has 464 valence electrons. The molecular formula is C63H78ClFN12O9S. The van der Waals surface area contributed by atoms with Crippen LogP contribution in [0.1, 0.15) is 75.4 Å². The number of fused-ring (bicyclic) bond motifs is 2. The number of carbonyl (C=O) groups is 5. The second-order valence-electron chi connectivity index (χ2n) is 23.5. The zero-order valence-electron chi connectivity index (χ0n) is 49.9. The standard InChI is InChI=1S/C63H78ClFN12O9S/c1-40(65)60(82)76-27-26-75(35-46(76)34-66-6)58-48-19-24-74(51-14-8-11-43-10-7-13-49(64)55(43)51)37-50(48)70-62(72-58)86-38-45-12-9-23-73(45)25-20-53(79)67-22-29-85-31-30-84-28-21-54(80)71-57(63(3,4)5)61(83)77-36-47(78)32-52(77)59(81)68-33-42-15-17-44(18-16-42)56-41(2)69-39-87-56/h7-8,10-11,13-18,39,45-47,52,57,78H,1,9,12,19-38H2,2-5H3,(H,67,79)(H,68,81)(H,71,80)/t45-,46-,47+,52-,57+/m0/s1. The number of anilines is 2. The van der Waals surface area contributed by atoms with Crippen LogP contribution in [-0.4, -0.2) is 187 Å². The van der Waals surface area contributed by atoms with Crippen molar-refractivity contribution < 1.29 is 47.7 Å². The Morgan fingerprint density at radius 2 is 1.68 bits per heavy atom. The van der Waals surface area contributed by atoms with E-state index in [-0.39, 0.29) is 102 Å². The second kappa shape index (κ2) is 29.6. The lowest BCUT2D eigenvalue weighted by molar-refractivity contribution is -0.144. The van der Waals surface area contributed by atoms with Crippen LogP contribution in [0, 0.1) is 18.9 Å². The highest BCUT2D eigenvalue weighted by Gasteiger charge is 2.45. The van der Waals surface area contributed by atoms with Gasteiger partial charge in [0.2, 0.25) is 30.2 Å². The molecular weight excluding hydrogens is 1160 g/mol. The molecule has 3 fully saturated rings. The maximum atomic E-state index is 14.1. The summed E-state index contributed by atoms with van der Waals surface area (Å²) in [4.78, 5) is 94.9. The van der Waals surface area contributed by atoms with Crippen LogP contribution in [0.4, 0.5) is 15.9 Å². The summed E-state index contributed by atoms with van der Waals surface area (Å²) in [6, 6.07) is 17.6. The summed E-state index contributed by atoms with van der Waals surface area (Å²) in [5.41, 5.74) is 6.70. The summed E-state index contributed by atoms with van der Waals surface area (Å²) in [6.45, 7) is 23.1. The fraction of sp³-hybridized carbons (Fsp3) is 0.508. The maximum Gasteiger partial charge on any atom is 0.318 e. The number of nitrogens with one attached hydrogen (secondary N) is 3. The first-order chi connectivity index (χ1) is 41.9. The molecule has 0 spiro atoms. The molecule has 5 aromatic rings. The van der Waals surface area contributed by atoms with E-state index in [1.165, 1.54) is 9.80 Å². The van der Waals surface area contributed by atoms with Crippen LogP contribution >= 0.6 is 22.9 Å². The molecule has 5 atom stereocenters. The van der Waals surface area contributed by atoms with Crippen LogP contribution in [-0.2, 0) is 53.0 Å². The van der Waals surface area contributed by atoms with E-state index in [0.29, 0.717) is 56.6 Å². The third-order valence-corrected chi connectivity index (χ3v) is 17.7. The number of rotatable bonds is 25. The molecule has 0 radical (unpaired) electrons. The molecule has 2 aromatic heterocycles. The lowest BCUT2D eigenvalue weighted by Crippen LogP contribution is -2.57. The topological polar surface area (TPSA) is 229 Å². The number of aromatic nitrogens is 3. The van der Waals surface area contributed by atoms with Gasteiger partial charge in [-0.25, -0.2) is 15.9 Å². The number of likely N-dealkylation sites (tertiary alicyclic amines) is 2. The first-order valence-electron chi connectivity index (χ1n) is 29.8. The minimum absolute atomic E-state index is 0.00693. The lowest BCUT2D eigenvalue weighted by atomic mass is 9.85. The Balaban J connectivity index is 0.694. The number of carbonyl (C=O) groups excluding carboxylic acids is 5. The number of thiazole rings is 1. The van der Waals surface area contributed by atoms with Crippen LogP contribution in [0.2, 0.25) is 5.02 Å². The molecule has 6 heterocycles. The number of aliphatic hydroxyl groups is 1. The summed E-state index contributed by atoms with van der Waals surface area (Å²) in [5, 5.41) is 22.0. The van der Waals surface area contributed by atoms with Crippen molar-refractivity contribution in [3.63, 3.8) is 0 Å². The average Bonchev–Trinajstić information content (AvgIpc) is 1.83. The predicted octanol–water partition coefficient (Wildman–Crippen LogP) is 6.28. The highest BCUT2D eigenvalue weighted by Crippen LogP contribution is 2.38. The number of halogens is 2. The van der Waals surface area contributed by atoms with Gasteiger partial charge in [-0.1, -0.05) is 87.5 Å². The fourth-order valence-corrected chi connectivity index (χ4v) is 12.9. The van der Waals surface area contributed by atoms with Gasteiger partial charge in [0.05, 0.1) is 65.9 Å². The number of amides is 5. The van der Waals surface area contributed by atoms with Gasteiger partial charge in [-0.15, -0.1) is 11.3 Å². The van der Waals surface area contributed by atoms with Crippen molar-refractivity contribution in [3.8, 4) is 16.5 Å². The Kier molecular flexibility index (Phi) is 21.8. The SMILES string of the molecule is [C-]#[N+]C[C@H]1CN(c2nc(OC[C@@H]3CCCN3CCC(=O)NCCOCCOCCC(=O)N[C@H](C(=O)N3C[C@H](O)C[C@H]3C(=O)NCc3ccc(-c4scnc4C)cc3)C(C)(C)C)nc3c2CCN(c2cccc4cccc(Cl)c24)C3)CCN1C(=O)C(=C)F. The van der Waals surface area contributed by atoms with Crippen molar-refractivity contribution in [1.82, 2.24) is 45.6 Å². The minimum atomic E-state index is -1.06. The van der Waals surface area contributed by atoms with Crippen molar-refractivity contribution in [2.45, 2.75) is 110 Å². The van der Waals surface area contributed by atoms with Crippen LogP contribution in [0.5, 0.6) is 6.01 Å². The number of nitrogens with zero attached hydrogens (tertiary/aromatic N) is 9. The number of piperazine rings is 1. The molecule has 0 unspecified atom stereocenters. The van der Waals surface area contributed by atoms with Gasteiger partial charge < -0.3 is 59.7 Å². The van der Waals surface area contributed by atoms with E-state index < -0.39 is 53.2 Å². The van der Waals surface area contributed by atoms with E-state index in [4.69, 9.17) is 42.4 Å². The number of hydrogen-bond acceptors (Lipinski definition) is 16. The molecule has 0 bridgehead atoms. The normalized spacial score (nSPS) is 19.1. The van der Waals surface area contributed by atoms with Gasteiger partial charge >= 0.3 is 6.01 Å². The van der Waals surface area contributed by atoms with E-state index in [1.807, 2.05) is 82.3 Å². The number of ether oxygens (including phenoxy) is 3. The predicted molar refractivity (Wildman–Crippen MR) is 331 cm³/mol. The van der Waals surface area contributed by atoms with Gasteiger partial charge in [0.25, 0.3) is 5.91 Å². The zero-order valence-corrected chi connectivity index (χ0v) is 51.5. The van der Waals surface area contributed by atoms with Crippen molar-refractivity contribution in [3.05, 3.63) is 118 Å². The molecule has 0 saturated carbocycles. The first-order valence-corrected chi connectivity index (χ1v) is 31.0. The van der Waals surface area contributed by atoms with Crippen molar-refractivity contribution >= 4 is 74.8 Å². The average molecular weight is 1230 g/mol. The Morgan fingerprint density at radius 3 is 2.41 bits per heavy atom. The minimum Gasteiger partial charge on any atom is -0.462 e. The molecule has 3 saturated heterocycles. The van der Waals surface area contributed by atoms with Crippen molar-refractivity contribution in [1.29, 1.82) is 0 Å². The summed E-state index contributed by atoms with van der Waals surface area (Å²) in [5.74, 6) is -2.55. The Hall–Kier alpha value is -7.33. The molecule has 4 N–H and O–H groups in total. The summed E-state index contributed by atoms with van der Waals surface area (Å²) in [7, 11) is 0. The van der Waals surface area contributed by atoms with E-state index in [1.54, 1.807) is 16.8 Å². The van der Waals surface area contributed by atoms with Gasteiger partial charge in [0, 0.05) is 94.3 Å². The maximum absolute atomic E-state index is 14.1. The lowest BCUT2D eigenvalue weighted by Gasteiger charge is -2.41. The van der Waals surface area contributed by atoms with Crippen LogP contribution < -0.4 is 30.5 Å². The number of aryl methyl sites for hydroxylation is 1. The Morgan fingerprint density at radius 1 is 0.908 bits per heavy atom. The first kappa shape index (κ1) is 64.2. The number of benzene rings is 3. The fourth-order valence-electron chi connectivity index (χ4n) is 11.8. The molecule has 5 amide bonds. The van der Waals surface area contributed by atoms with Crippen LogP contribution in [0.3, 0.4) is 0 Å². The van der Waals surface area contributed by atoms with Gasteiger partial charge in [0.15, 0.2) is 5.83 Å². The van der Waals surface area contributed by atoms with Crippen LogP contribution in [0.15, 0.2) is 78.6 Å². The number of aliphatic hydroxyl groups excluding tert-OH is 1. The van der Waals surface area contributed by atoms with Gasteiger partial charge in [-0.3, -0.25) is 28.9 Å². The summed E-state index contributed by atoms with van der Waals surface area (Å²) >= 11 is 8.35. The second-order valence-corrected chi connectivity index (χ2v) is 24.8. The monoisotopic (exact) mass is 1230 g/mol. The van der Waals surface area contributed by atoms with Crippen molar-refractivity contribution in [2.75, 3.05) is 102 Å². The highest BCUT2D eigenvalue weighted by molar-refractivity contribution is 7.13. The zero-order chi connectivity index (χ0) is 61.8. The van der Waals surface area contributed by atoms with E-state index in [9.17, 15) is 33.5 Å². The molecule has 0 aliphatic carbocycles. The van der Waals surface area contributed by atoms with Gasteiger partial charge in [-0.2, -0.15) is 9.97 Å². The third-order valence-electron chi connectivity index (χ3n) is 16.4. The van der Waals surface area contributed by atoms with E-state index >= 15 is 0 Å². The smallest absolute Gasteiger partial charge is 0.318 e. The molecule has 21 nitrogen and oxygen atoms in total. The van der Waals surface area contributed by atoms with E-state index in [0.717, 1.165) is 68.8 Å². The molecule has 3 aromatic carbocycles. The van der Waals surface area contributed by atoms with Crippen molar-refractivity contribution in [2.24, 2.45) is 5.41 Å². The largest absolute Gasteiger partial charge is 0.462 e. The van der Waals surface area contributed by atoms with Gasteiger partial charge in [-0.05, 0) is 66.8 Å². The molecule has 87 heavy (non-hydrogen) atoms. The highest BCUT2D eigenvalue weighted by atomic mass is 35.5. The molecule has 9 rings (SSSR count). The third kappa shape index (κ3) is 16.3. The number of hydrogen-bond donors (Lipinski definition) is 4. The Bertz CT molecular complexity index is 3320. The number of β-amino-alcohol motifs (C(OH)–C–C–N with tert-alkyl or cyclic N) is 1. The quantitative estimate of drug-likeness (QED) is 0.0287.